The lowest BCUT2D eigenvalue weighted by Crippen LogP contribution is -2.49. The zero-order valence-corrected chi connectivity index (χ0v) is 18.7. The van der Waals surface area contributed by atoms with E-state index in [1.807, 2.05) is 11.0 Å². The molecule has 2 aromatic rings. The molecule has 1 amide bonds. The molecular weight excluding hydrogens is 432 g/mol. The van der Waals surface area contributed by atoms with E-state index in [1.165, 1.54) is 6.07 Å². The molecule has 1 fully saturated rings. The van der Waals surface area contributed by atoms with Gasteiger partial charge in [-0.1, -0.05) is 30.3 Å². The number of carbonyl (C=O) groups excluding carboxylic acids is 2. The molecule has 0 atom stereocenters. The molecule has 1 N–H and O–H groups in total. The third-order valence-corrected chi connectivity index (χ3v) is 6.26. The van der Waals surface area contributed by atoms with Crippen molar-refractivity contribution in [2.45, 2.75) is 26.0 Å². The molecule has 3 rings (SSSR count). The number of hydrogen-bond acceptors (Lipinski definition) is 8. The van der Waals surface area contributed by atoms with Gasteiger partial charge < -0.3 is 9.64 Å². The maximum absolute atomic E-state index is 12.2. The van der Waals surface area contributed by atoms with Gasteiger partial charge in [-0.25, -0.2) is 18.2 Å². The Kier molecular flexibility index (Phi) is 7.10. The third kappa shape index (κ3) is 5.62. The SMILES string of the molecule is CCOC(=O)c1c(C#N)cc(N2CC(CC(=O)NS(=O)(=O)Cc3ccccc3)C2)nc1C. The van der Waals surface area contributed by atoms with Crippen molar-refractivity contribution >= 4 is 27.7 Å². The quantitative estimate of drug-likeness (QED) is 0.596. The number of nitriles is 1. The maximum atomic E-state index is 12.2. The fourth-order valence-corrected chi connectivity index (χ4v) is 4.69. The summed E-state index contributed by atoms with van der Waals surface area (Å²) in [6.07, 6.45) is 0.0650. The average molecular weight is 457 g/mol. The van der Waals surface area contributed by atoms with Crippen LogP contribution in [0.15, 0.2) is 36.4 Å². The van der Waals surface area contributed by atoms with E-state index in [0.717, 1.165) is 0 Å². The summed E-state index contributed by atoms with van der Waals surface area (Å²) in [5.74, 6) is -0.913. The fourth-order valence-electron chi connectivity index (χ4n) is 3.56. The van der Waals surface area contributed by atoms with Gasteiger partial charge in [0.05, 0.1) is 29.2 Å². The molecule has 0 saturated carbocycles. The third-order valence-electron chi connectivity index (χ3n) is 5.01. The van der Waals surface area contributed by atoms with E-state index in [9.17, 15) is 23.3 Å². The molecule has 1 aromatic carbocycles. The van der Waals surface area contributed by atoms with Crippen molar-refractivity contribution in [2.75, 3.05) is 24.6 Å². The lowest BCUT2D eigenvalue weighted by atomic mass is 9.95. The molecule has 0 aliphatic carbocycles. The Bertz CT molecular complexity index is 1150. The molecule has 32 heavy (non-hydrogen) atoms. The monoisotopic (exact) mass is 456 g/mol. The Morgan fingerprint density at radius 1 is 1.28 bits per heavy atom. The minimum atomic E-state index is -3.77. The Morgan fingerprint density at radius 3 is 2.59 bits per heavy atom. The first kappa shape index (κ1) is 23.2. The lowest BCUT2D eigenvalue weighted by Gasteiger charge is -2.40. The van der Waals surface area contributed by atoms with Crippen LogP contribution in [0, 0.1) is 24.2 Å². The summed E-state index contributed by atoms with van der Waals surface area (Å²) in [6, 6.07) is 12.2. The van der Waals surface area contributed by atoms with E-state index in [1.54, 1.807) is 44.2 Å². The van der Waals surface area contributed by atoms with Gasteiger partial charge in [0.25, 0.3) is 0 Å². The molecule has 9 nitrogen and oxygen atoms in total. The zero-order valence-electron chi connectivity index (χ0n) is 17.9. The predicted molar refractivity (Wildman–Crippen MR) is 117 cm³/mol. The summed E-state index contributed by atoms with van der Waals surface area (Å²) in [7, 11) is -3.77. The number of pyridine rings is 1. The standard InChI is InChI=1S/C22H24N4O5S/c1-3-31-22(28)21-15(2)24-19(10-18(21)11-23)26-12-17(13-26)9-20(27)25-32(29,30)14-16-7-5-4-6-8-16/h4-8,10,17H,3,9,12-14H2,1-2H3,(H,25,27). The van der Waals surface area contributed by atoms with Gasteiger partial charge >= 0.3 is 5.97 Å². The number of aromatic nitrogens is 1. The molecule has 168 valence electrons. The Labute approximate surface area is 187 Å². The number of ether oxygens (including phenoxy) is 1. The second kappa shape index (κ2) is 9.78. The highest BCUT2D eigenvalue weighted by molar-refractivity contribution is 7.89. The van der Waals surface area contributed by atoms with Gasteiger partial charge in [-0.05, 0) is 25.5 Å². The van der Waals surface area contributed by atoms with E-state index in [2.05, 4.69) is 9.71 Å². The van der Waals surface area contributed by atoms with Crippen LogP contribution in [0.3, 0.4) is 0 Å². The Balaban J connectivity index is 1.57. The van der Waals surface area contributed by atoms with Crippen LogP contribution in [0.4, 0.5) is 5.82 Å². The molecule has 1 aromatic heterocycles. The molecule has 0 bridgehead atoms. The van der Waals surface area contributed by atoms with Crippen molar-refractivity contribution in [3.8, 4) is 6.07 Å². The number of rotatable bonds is 8. The number of nitrogens with one attached hydrogen (secondary N) is 1. The van der Waals surface area contributed by atoms with E-state index in [-0.39, 0.29) is 35.8 Å². The topological polar surface area (TPSA) is 129 Å². The number of nitrogens with zero attached hydrogens (tertiary/aromatic N) is 3. The fraction of sp³-hybridized carbons (Fsp3) is 0.364. The molecule has 0 unspecified atom stereocenters. The normalized spacial score (nSPS) is 13.7. The van der Waals surface area contributed by atoms with Crippen molar-refractivity contribution in [2.24, 2.45) is 5.92 Å². The van der Waals surface area contributed by atoms with Gasteiger partial charge in [0, 0.05) is 25.4 Å². The number of aryl methyl sites for hydroxylation is 1. The number of carbonyl (C=O) groups is 2. The van der Waals surface area contributed by atoms with Gasteiger partial charge in [-0.3, -0.25) is 9.52 Å². The highest BCUT2D eigenvalue weighted by Crippen LogP contribution is 2.28. The summed E-state index contributed by atoms with van der Waals surface area (Å²) in [5, 5.41) is 9.43. The first-order valence-corrected chi connectivity index (χ1v) is 11.8. The van der Waals surface area contributed by atoms with Gasteiger partial charge in [0.15, 0.2) is 0 Å². The van der Waals surface area contributed by atoms with E-state index < -0.39 is 21.9 Å². The van der Waals surface area contributed by atoms with E-state index in [0.29, 0.717) is 30.2 Å². The van der Waals surface area contributed by atoms with Crippen LogP contribution in [-0.2, 0) is 25.3 Å². The second-order valence-corrected chi connectivity index (χ2v) is 9.29. The summed E-state index contributed by atoms with van der Waals surface area (Å²) in [4.78, 5) is 30.6. The van der Waals surface area contributed by atoms with Crippen molar-refractivity contribution in [1.82, 2.24) is 9.71 Å². The van der Waals surface area contributed by atoms with Gasteiger partial charge in [-0.15, -0.1) is 0 Å². The van der Waals surface area contributed by atoms with E-state index in [4.69, 9.17) is 4.74 Å². The molecule has 0 spiro atoms. The van der Waals surface area contributed by atoms with Crippen LogP contribution < -0.4 is 9.62 Å². The average Bonchev–Trinajstić information content (AvgIpc) is 2.69. The molecule has 1 aliphatic heterocycles. The van der Waals surface area contributed by atoms with Crippen LogP contribution in [0.5, 0.6) is 0 Å². The predicted octanol–water partition coefficient (Wildman–Crippen LogP) is 1.91. The lowest BCUT2D eigenvalue weighted by molar-refractivity contribution is -0.120. The van der Waals surface area contributed by atoms with Crippen LogP contribution in [0.2, 0.25) is 0 Å². The molecule has 2 heterocycles. The molecule has 0 radical (unpaired) electrons. The summed E-state index contributed by atoms with van der Waals surface area (Å²) in [6.45, 7) is 4.50. The first-order valence-electron chi connectivity index (χ1n) is 10.1. The first-order chi connectivity index (χ1) is 15.2. The van der Waals surface area contributed by atoms with Gasteiger partial charge in [0.1, 0.15) is 11.9 Å². The van der Waals surface area contributed by atoms with Crippen molar-refractivity contribution in [3.05, 3.63) is 58.8 Å². The number of benzene rings is 1. The van der Waals surface area contributed by atoms with Crippen molar-refractivity contribution < 1.29 is 22.7 Å². The molecule has 1 aliphatic rings. The zero-order chi connectivity index (χ0) is 23.3. The highest BCUT2D eigenvalue weighted by Gasteiger charge is 2.32. The Hall–Kier alpha value is -3.45. The smallest absolute Gasteiger partial charge is 0.341 e. The number of hydrogen-bond donors (Lipinski definition) is 1. The summed E-state index contributed by atoms with van der Waals surface area (Å²) < 4.78 is 31.5. The highest BCUT2D eigenvalue weighted by atomic mass is 32.2. The number of esters is 1. The van der Waals surface area contributed by atoms with Crippen molar-refractivity contribution in [3.63, 3.8) is 0 Å². The number of anilines is 1. The van der Waals surface area contributed by atoms with Gasteiger partial charge in [-0.2, -0.15) is 5.26 Å². The molecular formula is C22H24N4O5S. The minimum absolute atomic E-state index is 0.0423. The van der Waals surface area contributed by atoms with Crippen LogP contribution in [-0.4, -0.2) is 45.0 Å². The van der Waals surface area contributed by atoms with E-state index >= 15 is 0 Å². The van der Waals surface area contributed by atoms with Gasteiger partial charge in [0.2, 0.25) is 15.9 Å². The summed E-state index contributed by atoms with van der Waals surface area (Å²) >= 11 is 0. The number of sulfonamides is 1. The second-order valence-electron chi connectivity index (χ2n) is 7.57. The molecule has 1 saturated heterocycles. The number of amides is 1. The minimum Gasteiger partial charge on any atom is -0.462 e. The largest absolute Gasteiger partial charge is 0.462 e. The molecule has 10 heteroatoms. The van der Waals surface area contributed by atoms with Crippen LogP contribution >= 0.6 is 0 Å². The van der Waals surface area contributed by atoms with Crippen LogP contribution in [0.25, 0.3) is 0 Å². The van der Waals surface area contributed by atoms with Crippen LogP contribution in [0.1, 0.15) is 40.5 Å². The Morgan fingerprint density at radius 2 is 1.97 bits per heavy atom. The van der Waals surface area contributed by atoms with Crippen molar-refractivity contribution in [1.29, 1.82) is 5.26 Å². The maximum Gasteiger partial charge on any atom is 0.341 e. The summed E-state index contributed by atoms with van der Waals surface area (Å²) in [5.41, 5.74) is 1.33.